The van der Waals surface area contributed by atoms with Gasteiger partial charge in [-0.05, 0) is 29.8 Å². The number of nitrogens with zero attached hydrogens (tertiary/aromatic N) is 1. The van der Waals surface area contributed by atoms with Crippen LogP contribution in [0, 0.1) is 0 Å². The lowest BCUT2D eigenvalue weighted by atomic mass is 10.0. The molecule has 98 valence electrons. The van der Waals surface area contributed by atoms with E-state index in [2.05, 4.69) is 15.8 Å². The summed E-state index contributed by atoms with van der Waals surface area (Å²) in [6.45, 7) is 0. The number of esters is 1. The number of aromatic nitrogens is 1. The van der Waals surface area contributed by atoms with E-state index >= 15 is 0 Å². The Morgan fingerprint density at radius 1 is 1.00 bits per heavy atom. The molecule has 3 aromatic rings. The van der Waals surface area contributed by atoms with Crippen molar-refractivity contribution in [3.8, 4) is 11.1 Å². The van der Waals surface area contributed by atoms with Crippen molar-refractivity contribution in [3.63, 3.8) is 0 Å². The molecular weight excluding hydrogens is 250 g/mol. The monoisotopic (exact) mass is 263 g/mol. The summed E-state index contributed by atoms with van der Waals surface area (Å²) in [5.41, 5.74) is 3.57. The van der Waals surface area contributed by atoms with Crippen LogP contribution in [0.3, 0.4) is 0 Å². The number of hydrogen-bond acceptors (Lipinski definition) is 3. The Bertz CT molecular complexity index is 763. The summed E-state index contributed by atoms with van der Waals surface area (Å²) in [7, 11) is 1.38. The second-order valence-electron chi connectivity index (χ2n) is 4.49. The van der Waals surface area contributed by atoms with E-state index in [9.17, 15) is 4.79 Å². The predicted octanol–water partition coefficient (Wildman–Crippen LogP) is 3.69. The van der Waals surface area contributed by atoms with Gasteiger partial charge in [-0.25, -0.2) is 4.79 Å². The molecule has 0 saturated heterocycles. The Balaban J connectivity index is 2.00. The largest absolute Gasteiger partial charge is 0.465 e. The Kier molecular flexibility index (Phi) is 3.17. The molecule has 0 amide bonds. The molecule has 3 nitrogen and oxygen atoms in total. The van der Waals surface area contributed by atoms with Gasteiger partial charge in [0.2, 0.25) is 0 Å². The van der Waals surface area contributed by atoms with Crippen LogP contribution in [0.25, 0.3) is 22.0 Å². The number of pyridine rings is 1. The number of fused-ring (bicyclic) bond motifs is 1. The summed E-state index contributed by atoms with van der Waals surface area (Å²) in [4.78, 5) is 15.8. The van der Waals surface area contributed by atoms with Crippen molar-refractivity contribution in [2.24, 2.45) is 0 Å². The van der Waals surface area contributed by atoms with E-state index in [-0.39, 0.29) is 5.97 Å². The Morgan fingerprint density at radius 2 is 1.75 bits per heavy atom. The third-order valence-electron chi connectivity index (χ3n) is 3.23. The molecule has 3 rings (SSSR count). The first-order valence-corrected chi connectivity index (χ1v) is 6.31. The number of para-hydroxylation sites is 1. The Hall–Kier alpha value is -2.68. The van der Waals surface area contributed by atoms with Crippen LogP contribution in [0.5, 0.6) is 0 Å². The second kappa shape index (κ2) is 5.13. The molecule has 0 radical (unpaired) electrons. The normalized spacial score (nSPS) is 10.4. The van der Waals surface area contributed by atoms with Gasteiger partial charge in [-0.3, -0.25) is 4.98 Å². The van der Waals surface area contributed by atoms with E-state index in [0.29, 0.717) is 5.56 Å². The van der Waals surface area contributed by atoms with E-state index in [1.54, 1.807) is 12.1 Å². The van der Waals surface area contributed by atoms with Gasteiger partial charge in [0.15, 0.2) is 0 Å². The molecule has 0 atom stereocenters. The zero-order valence-electron chi connectivity index (χ0n) is 11.0. The minimum atomic E-state index is -0.326. The smallest absolute Gasteiger partial charge is 0.337 e. The average Bonchev–Trinajstić information content (AvgIpc) is 2.54. The lowest BCUT2D eigenvalue weighted by Gasteiger charge is -2.05. The van der Waals surface area contributed by atoms with Gasteiger partial charge in [0.1, 0.15) is 0 Å². The van der Waals surface area contributed by atoms with Crippen molar-refractivity contribution in [1.82, 2.24) is 4.98 Å². The molecule has 0 bridgehead atoms. The standard InChI is InChI=1S/C17H13NO2/c1-20-17(19)13-8-6-12(7-9-13)15-10-14-4-2-3-5-16(14)18-11-15/h2-11H,1H3. The molecule has 0 spiro atoms. The number of methoxy groups -OCH3 is 1. The predicted molar refractivity (Wildman–Crippen MR) is 78.5 cm³/mol. The van der Waals surface area contributed by atoms with Crippen molar-refractivity contribution in [3.05, 3.63) is 66.4 Å². The first kappa shape index (κ1) is 12.4. The van der Waals surface area contributed by atoms with Gasteiger partial charge in [-0.15, -0.1) is 0 Å². The molecule has 20 heavy (non-hydrogen) atoms. The number of rotatable bonds is 2. The highest BCUT2D eigenvalue weighted by atomic mass is 16.5. The molecule has 3 heteroatoms. The molecule has 0 aliphatic rings. The molecule has 2 aromatic carbocycles. The van der Waals surface area contributed by atoms with Crippen LogP contribution in [0.1, 0.15) is 10.4 Å². The summed E-state index contributed by atoms with van der Waals surface area (Å²) in [6, 6.07) is 17.4. The average molecular weight is 263 g/mol. The lowest BCUT2D eigenvalue weighted by molar-refractivity contribution is 0.0601. The Labute approximate surface area is 116 Å². The highest BCUT2D eigenvalue weighted by Gasteiger charge is 2.06. The molecular formula is C17H13NO2. The van der Waals surface area contributed by atoms with E-state index in [1.807, 2.05) is 42.6 Å². The van der Waals surface area contributed by atoms with E-state index in [0.717, 1.165) is 22.0 Å². The lowest BCUT2D eigenvalue weighted by Crippen LogP contribution is -2.00. The minimum Gasteiger partial charge on any atom is -0.465 e. The van der Waals surface area contributed by atoms with Crippen LogP contribution in [0.15, 0.2) is 60.8 Å². The van der Waals surface area contributed by atoms with Crippen LogP contribution in [0.4, 0.5) is 0 Å². The fourth-order valence-corrected chi connectivity index (χ4v) is 2.15. The zero-order chi connectivity index (χ0) is 13.9. The molecule has 1 aromatic heterocycles. The Morgan fingerprint density at radius 3 is 2.50 bits per heavy atom. The second-order valence-corrected chi connectivity index (χ2v) is 4.49. The van der Waals surface area contributed by atoms with Gasteiger partial charge < -0.3 is 4.74 Å². The highest BCUT2D eigenvalue weighted by molar-refractivity contribution is 5.90. The maximum atomic E-state index is 11.4. The highest BCUT2D eigenvalue weighted by Crippen LogP contribution is 2.23. The summed E-state index contributed by atoms with van der Waals surface area (Å²) in [5, 5.41) is 1.10. The summed E-state index contributed by atoms with van der Waals surface area (Å²) < 4.78 is 4.69. The van der Waals surface area contributed by atoms with Gasteiger partial charge in [-0.2, -0.15) is 0 Å². The molecule has 0 saturated carbocycles. The van der Waals surface area contributed by atoms with Crippen LogP contribution >= 0.6 is 0 Å². The van der Waals surface area contributed by atoms with Gasteiger partial charge in [0.25, 0.3) is 0 Å². The van der Waals surface area contributed by atoms with E-state index in [4.69, 9.17) is 0 Å². The number of carbonyl (C=O) groups excluding carboxylic acids is 1. The molecule has 0 aliphatic carbocycles. The van der Waals surface area contributed by atoms with Crippen LogP contribution < -0.4 is 0 Å². The molecule has 1 heterocycles. The first-order chi connectivity index (χ1) is 9.78. The van der Waals surface area contributed by atoms with Crippen molar-refractivity contribution in [2.75, 3.05) is 7.11 Å². The van der Waals surface area contributed by atoms with Gasteiger partial charge >= 0.3 is 5.97 Å². The summed E-state index contributed by atoms with van der Waals surface area (Å²) in [5.74, 6) is -0.326. The van der Waals surface area contributed by atoms with Gasteiger partial charge in [0.05, 0.1) is 18.2 Å². The van der Waals surface area contributed by atoms with Gasteiger partial charge in [-0.1, -0.05) is 30.3 Å². The zero-order valence-corrected chi connectivity index (χ0v) is 11.0. The molecule has 0 unspecified atom stereocenters. The van der Waals surface area contributed by atoms with E-state index < -0.39 is 0 Å². The van der Waals surface area contributed by atoms with Crippen molar-refractivity contribution < 1.29 is 9.53 Å². The van der Waals surface area contributed by atoms with Crippen LogP contribution in [-0.4, -0.2) is 18.1 Å². The summed E-state index contributed by atoms with van der Waals surface area (Å²) >= 11 is 0. The maximum absolute atomic E-state index is 11.4. The third-order valence-corrected chi connectivity index (χ3v) is 3.23. The minimum absolute atomic E-state index is 0.326. The topological polar surface area (TPSA) is 39.2 Å². The number of carbonyl (C=O) groups is 1. The van der Waals surface area contributed by atoms with Crippen molar-refractivity contribution in [1.29, 1.82) is 0 Å². The number of hydrogen-bond donors (Lipinski definition) is 0. The number of ether oxygens (including phenoxy) is 1. The molecule has 0 fully saturated rings. The molecule has 0 aliphatic heterocycles. The third kappa shape index (κ3) is 2.26. The van der Waals surface area contributed by atoms with Crippen LogP contribution in [0.2, 0.25) is 0 Å². The first-order valence-electron chi connectivity index (χ1n) is 6.31. The SMILES string of the molecule is COC(=O)c1ccc(-c2cnc3ccccc3c2)cc1. The summed E-state index contributed by atoms with van der Waals surface area (Å²) in [6.07, 6.45) is 1.84. The van der Waals surface area contributed by atoms with Crippen molar-refractivity contribution >= 4 is 16.9 Å². The quantitative estimate of drug-likeness (QED) is 0.662. The fraction of sp³-hybridized carbons (Fsp3) is 0.0588. The maximum Gasteiger partial charge on any atom is 0.337 e. The van der Waals surface area contributed by atoms with Crippen LogP contribution in [-0.2, 0) is 4.74 Å². The molecule has 0 N–H and O–H groups in total. The fourth-order valence-electron chi connectivity index (χ4n) is 2.15. The van der Waals surface area contributed by atoms with E-state index in [1.165, 1.54) is 7.11 Å². The van der Waals surface area contributed by atoms with Crippen molar-refractivity contribution in [2.45, 2.75) is 0 Å². The number of benzene rings is 2. The van der Waals surface area contributed by atoms with Gasteiger partial charge in [0, 0.05) is 17.1 Å².